The number of carbonyl (C=O) groups is 1. The number of ether oxygens (including phenoxy) is 1. The largest absolute Gasteiger partial charge is 0.494 e. The van der Waals surface area contributed by atoms with E-state index in [4.69, 9.17) is 9.72 Å². The zero-order chi connectivity index (χ0) is 22.5. The van der Waals surface area contributed by atoms with E-state index in [2.05, 4.69) is 44.9 Å². The van der Waals surface area contributed by atoms with Gasteiger partial charge in [0.25, 0.3) is 5.91 Å². The summed E-state index contributed by atoms with van der Waals surface area (Å²) in [4.78, 5) is 17.5. The molecule has 1 heterocycles. The Bertz CT molecular complexity index is 1220. The molecule has 5 nitrogen and oxygen atoms in total. The summed E-state index contributed by atoms with van der Waals surface area (Å²) in [7, 11) is 0. The average molecular weight is 492 g/mol. The summed E-state index contributed by atoms with van der Waals surface area (Å²) in [5.41, 5.74) is 3.78. The lowest BCUT2D eigenvalue weighted by Crippen LogP contribution is -2.28. The van der Waals surface area contributed by atoms with Gasteiger partial charge in [0.1, 0.15) is 11.6 Å². The Hall–Kier alpha value is -3.12. The van der Waals surface area contributed by atoms with E-state index in [0.717, 1.165) is 40.0 Å². The van der Waals surface area contributed by atoms with Crippen molar-refractivity contribution < 1.29 is 9.53 Å². The summed E-state index contributed by atoms with van der Waals surface area (Å²) in [6, 6.07) is 23.2. The smallest absolute Gasteiger partial charge is 0.251 e. The fourth-order valence-electron chi connectivity index (χ4n) is 3.72. The molecule has 1 amide bonds. The number of halogens is 1. The van der Waals surface area contributed by atoms with Gasteiger partial charge in [-0.3, -0.25) is 4.79 Å². The third-order valence-corrected chi connectivity index (χ3v) is 5.84. The van der Waals surface area contributed by atoms with E-state index in [0.29, 0.717) is 12.2 Å². The number of amides is 1. The maximum atomic E-state index is 12.7. The highest BCUT2D eigenvalue weighted by Gasteiger charge is 2.19. The molecule has 1 aromatic heterocycles. The summed E-state index contributed by atoms with van der Waals surface area (Å²) >= 11 is 3.40. The van der Waals surface area contributed by atoms with Crippen LogP contribution in [0.1, 0.15) is 41.1 Å². The van der Waals surface area contributed by atoms with Crippen LogP contribution in [0.5, 0.6) is 5.75 Å². The molecule has 1 atom stereocenters. The Morgan fingerprint density at radius 3 is 2.66 bits per heavy atom. The molecular formula is C26H26BrN3O2. The van der Waals surface area contributed by atoms with Gasteiger partial charge >= 0.3 is 0 Å². The maximum Gasteiger partial charge on any atom is 0.251 e. The predicted octanol–water partition coefficient (Wildman–Crippen LogP) is 6.07. The number of nitrogens with zero attached hydrogens (tertiary/aromatic N) is 2. The van der Waals surface area contributed by atoms with Crippen LogP contribution in [0, 0.1) is 6.92 Å². The minimum absolute atomic E-state index is 0.119. The van der Waals surface area contributed by atoms with Gasteiger partial charge in [0.15, 0.2) is 0 Å². The zero-order valence-corrected chi connectivity index (χ0v) is 19.8. The van der Waals surface area contributed by atoms with Gasteiger partial charge in [0.05, 0.1) is 23.7 Å². The third kappa shape index (κ3) is 5.19. The lowest BCUT2D eigenvalue weighted by atomic mass is 10.2. The standard InChI is InChI=1S/C26H26BrN3O2/c1-18-7-5-8-22(17-18)32-16-6-15-30-24-10-4-3-9-23(24)29-25(30)19(2)28-26(31)20-11-13-21(27)14-12-20/h3-5,7-14,17,19H,6,15-16H2,1-2H3,(H,28,31). The quantitative estimate of drug-likeness (QED) is 0.304. The second kappa shape index (κ2) is 10.0. The topological polar surface area (TPSA) is 56.1 Å². The first kappa shape index (κ1) is 22.1. The molecule has 164 valence electrons. The van der Waals surface area contributed by atoms with E-state index in [1.54, 1.807) is 12.1 Å². The van der Waals surface area contributed by atoms with Gasteiger partial charge in [-0.15, -0.1) is 0 Å². The second-order valence-electron chi connectivity index (χ2n) is 7.83. The number of benzene rings is 3. The van der Waals surface area contributed by atoms with E-state index in [-0.39, 0.29) is 11.9 Å². The number of rotatable bonds is 8. The number of carbonyl (C=O) groups excluding carboxylic acids is 1. The molecule has 0 fully saturated rings. The van der Waals surface area contributed by atoms with Gasteiger partial charge in [-0.2, -0.15) is 0 Å². The molecule has 3 aromatic carbocycles. The van der Waals surface area contributed by atoms with Crippen LogP contribution < -0.4 is 10.1 Å². The van der Waals surface area contributed by atoms with Crippen LogP contribution in [0.15, 0.2) is 77.3 Å². The first-order chi connectivity index (χ1) is 15.5. The molecule has 0 radical (unpaired) electrons. The summed E-state index contributed by atoms with van der Waals surface area (Å²) in [5.74, 6) is 1.61. The molecule has 0 spiro atoms. The predicted molar refractivity (Wildman–Crippen MR) is 131 cm³/mol. The zero-order valence-electron chi connectivity index (χ0n) is 18.2. The van der Waals surface area contributed by atoms with Gasteiger partial charge in [-0.25, -0.2) is 4.98 Å². The molecule has 0 aliphatic rings. The van der Waals surface area contributed by atoms with Crippen molar-refractivity contribution in [1.82, 2.24) is 14.9 Å². The first-order valence-corrected chi connectivity index (χ1v) is 11.5. The molecule has 0 saturated carbocycles. The van der Waals surface area contributed by atoms with Gasteiger partial charge in [-0.05, 0) is 74.4 Å². The number of aromatic nitrogens is 2. The number of imidazole rings is 1. The number of nitrogens with one attached hydrogen (secondary N) is 1. The Balaban J connectivity index is 1.48. The van der Waals surface area contributed by atoms with Gasteiger partial charge in [-0.1, -0.05) is 40.2 Å². The average Bonchev–Trinajstić information content (AvgIpc) is 3.16. The SMILES string of the molecule is Cc1cccc(OCCCn2c(C(C)NC(=O)c3ccc(Br)cc3)nc3ccccc32)c1. The third-order valence-electron chi connectivity index (χ3n) is 5.31. The Labute approximate surface area is 196 Å². The fraction of sp³-hybridized carbons (Fsp3) is 0.231. The van der Waals surface area contributed by atoms with Crippen molar-refractivity contribution in [1.29, 1.82) is 0 Å². The van der Waals surface area contributed by atoms with E-state index in [9.17, 15) is 4.79 Å². The molecule has 4 rings (SSSR count). The highest BCUT2D eigenvalue weighted by Crippen LogP contribution is 2.22. The van der Waals surface area contributed by atoms with Crippen LogP contribution in [0.2, 0.25) is 0 Å². The van der Waals surface area contributed by atoms with Crippen molar-refractivity contribution in [2.24, 2.45) is 0 Å². The molecule has 32 heavy (non-hydrogen) atoms. The molecule has 0 bridgehead atoms. The van der Waals surface area contributed by atoms with Crippen LogP contribution in [0.3, 0.4) is 0 Å². The number of fused-ring (bicyclic) bond motifs is 1. The van der Waals surface area contributed by atoms with Gasteiger partial charge in [0.2, 0.25) is 0 Å². The van der Waals surface area contributed by atoms with Crippen LogP contribution in [0.25, 0.3) is 11.0 Å². The summed E-state index contributed by atoms with van der Waals surface area (Å²) < 4.78 is 9.05. The monoisotopic (exact) mass is 491 g/mol. The second-order valence-corrected chi connectivity index (χ2v) is 8.75. The summed E-state index contributed by atoms with van der Waals surface area (Å²) in [6.07, 6.45) is 0.828. The Morgan fingerprint density at radius 1 is 1.09 bits per heavy atom. The van der Waals surface area contributed by atoms with Crippen LogP contribution in [-0.4, -0.2) is 22.1 Å². The number of hydrogen-bond donors (Lipinski definition) is 1. The van der Waals surface area contributed by atoms with Crippen molar-refractivity contribution in [3.8, 4) is 5.75 Å². The lowest BCUT2D eigenvalue weighted by molar-refractivity contribution is 0.0937. The van der Waals surface area contributed by atoms with Crippen LogP contribution in [0.4, 0.5) is 0 Å². The van der Waals surface area contributed by atoms with Crippen molar-refractivity contribution in [3.05, 3.63) is 94.2 Å². The fourth-order valence-corrected chi connectivity index (χ4v) is 3.99. The molecule has 1 unspecified atom stereocenters. The molecule has 0 saturated heterocycles. The van der Waals surface area contributed by atoms with Crippen molar-refractivity contribution in [3.63, 3.8) is 0 Å². The molecule has 1 N–H and O–H groups in total. The minimum Gasteiger partial charge on any atom is -0.494 e. The van der Waals surface area contributed by atoms with Crippen LogP contribution >= 0.6 is 15.9 Å². The van der Waals surface area contributed by atoms with Gasteiger partial charge < -0.3 is 14.6 Å². The molecule has 0 aliphatic carbocycles. The lowest BCUT2D eigenvalue weighted by Gasteiger charge is -2.17. The molecule has 6 heteroatoms. The van der Waals surface area contributed by atoms with Gasteiger partial charge in [0, 0.05) is 16.6 Å². The van der Waals surface area contributed by atoms with E-state index in [1.165, 1.54) is 5.56 Å². The van der Waals surface area contributed by atoms with Crippen LogP contribution in [-0.2, 0) is 6.54 Å². The number of para-hydroxylation sites is 2. The van der Waals surface area contributed by atoms with Crippen molar-refractivity contribution in [2.45, 2.75) is 32.9 Å². The van der Waals surface area contributed by atoms with Crippen molar-refractivity contribution >= 4 is 32.9 Å². The normalized spacial score (nSPS) is 12.0. The van der Waals surface area contributed by atoms with E-state index in [1.807, 2.05) is 55.5 Å². The van der Waals surface area contributed by atoms with E-state index < -0.39 is 0 Å². The Kier molecular flexibility index (Phi) is 6.90. The first-order valence-electron chi connectivity index (χ1n) is 10.7. The summed E-state index contributed by atoms with van der Waals surface area (Å²) in [6.45, 7) is 5.38. The highest BCUT2D eigenvalue weighted by molar-refractivity contribution is 9.10. The highest BCUT2D eigenvalue weighted by atomic mass is 79.9. The summed E-state index contributed by atoms with van der Waals surface area (Å²) in [5, 5.41) is 3.09. The maximum absolute atomic E-state index is 12.7. The molecule has 4 aromatic rings. The minimum atomic E-state index is -0.240. The van der Waals surface area contributed by atoms with Crippen molar-refractivity contribution in [2.75, 3.05) is 6.61 Å². The number of aryl methyl sites for hydroxylation is 2. The molecular weight excluding hydrogens is 466 g/mol. The number of hydrogen-bond acceptors (Lipinski definition) is 3. The molecule has 0 aliphatic heterocycles. The Morgan fingerprint density at radius 2 is 1.88 bits per heavy atom. The van der Waals surface area contributed by atoms with E-state index >= 15 is 0 Å².